The third-order valence-corrected chi connectivity index (χ3v) is 1.98. The molecule has 1 atom stereocenters. The van der Waals surface area contributed by atoms with Crippen molar-refractivity contribution in [1.29, 1.82) is 0 Å². The van der Waals surface area contributed by atoms with E-state index >= 15 is 0 Å². The van der Waals surface area contributed by atoms with Crippen LogP contribution in [0.2, 0.25) is 0 Å². The van der Waals surface area contributed by atoms with Gasteiger partial charge in [-0.05, 0) is 24.3 Å². The van der Waals surface area contributed by atoms with Gasteiger partial charge >= 0.3 is 0 Å². The van der Waals surface area contributed by atoms with Gasteiger partial charge in [0.05, 0.1) is 0 Å². The van der Waals surface area contributed by atoms with Crippen molar-refractivity contribution >= 4 is 0 Å². The first-order chi connectivity index (χ1) is 5.00. The molecule has 0 bridgehead atoms. The van der Waals surface area contributed by atoms with Crippen LogP contribution in [0.4, 0.5) is 0 Å². The fraction of sp³-hybridized carbons (Fsp3) is 0.778. The first-order valence-corrected chi connectivity index (χ1v) is 4.06. The van der Waals surface area contributed by atoms with Crippen LogP contribution in [0, 0.1) is 5.41 Å². The lowest BCUT2D eigenvalue weighted by Gasteiger charge is -2.32. The summed E-state index contributed by atoms with van der Waals surface area (Å²) in [4.78, 5) is 0. The average Bonchev–Trinajstić information content (AvgIpc) is 1.86. The Hall–Kier alpha value is -0.660. The first kappa shape index (κ1) is 8.44. The van der Waals surface area contributed by atoms with E-state index < -0.39 is 0 Å². The summed E-state index contributed by atoms with van der Waals surface area (Å²) in [7, 11) is 0. The van der Waals surface area contributed by atoms with Crippen LogP contribution >= 0.6 is 0 Å². The van der Waals surface area contributed by atoms with Crippen LogP contribution in [0.15, 0.2) is 12.0 Å². The van der Waals surface area contributed by atoms with Gasteiger partial charge in [0.1, 0.15) is 6.10 Å². The molecule has 1 N–H and O–H groups in total. The smallest absolute Gasteiger partial charge is 0.272 e. The Morgan fingerprint density at radius 3 is 2.55 bits per heavy atom. The molecule has 11 heavy (non-hydrogen) atoms. The van der Waals surface area contributed by atoms with Crippen LogP contribution in [-0.2, 0) is 4.74 Å². The second kappa shape index (κ2) is 2.76. The van der Waals surface area contributed by atoms with Gasteiger partial charge in [0.25, 0.3) is 5.95 Å². The lowest BCUT2D eigenvalue weighted by Crippen LogP contribution is -2.30. The summed E-state index contributed by atoms with van der Waals surface area (Å²) < 4.78 is 5.27. The monoisotopic (exact) mass is 156 g/mol. The predicted octanol–water partition coefficient (Wildman–Crippen LogP) is 2.61. The molecule has 64 valence electrons. The number of hydrogen-bond donors (Lipinski definition) is 1. The van der Waals surface area contributed by atoms with Crippen molar-refractivity contribution in [1.82, 2.24) is 0 Å². The quantitative estimate of drug-likeness (QED) is 0.584. The van der Waals surface area contributed by atoms with E-state index in [2.05, 4.69) is 20.8 Å². The number of ether oxygens (including phenoxy) is 1. The molecule has 0 amide bonds. The maximum Gasteiger partial charge on any atom is 0.272 e. The summed E-state index contributed by atoms with van der Waals surface area (Å²) in [6, 6.07) is 0. The zero-order valence-corrected chi connectivity index (χ0v) is 7.42. The molecule has 1 aliphatic rings. The Bertz CT molecular complexity index is 165. The largest absolute Gasteiger partial charge is 0.481 e. The molecule has 0 saturated carbocycles. The van der Waals surface area contributed by atoms with E-state index in [4.69, 9.17) is 9.84 Å². The molecule has 1 aliphatic heterocycles. The van der Waals surface area contributed by atoms with Gasteiger partial charge in [-0.25, -0.2) is 0 Å². The van der Waals surface area contributed by atoms with Crippen molar-refractivity contribution in [3.63, 3.8) is 0 Å². The second-order valence-corrected chi connectivity index (χ2v) is 4.09. The van der Waals surface area contributed by atoms with Gasteiger partial charge in [0.2, 0.25) is 0 Å². The number of hydrogen-bond acceptors (Lipinski definition) is 2. The van der Waals surface area contributed by atoms with Crippen molar-refractivity contribution in [2.45, 2.75) is 39.7 Å². The maximum absolute atomic E-state index is 9.08. The van der Waals surface area contributed by atoms with Gasteiger partial charge in [0.15, 0.2) is 0 Å². The van der Waals surface area contributed by atoms with Crippen LogP contribution in [-0.4, -0.2) is 11.2 Å². The van der Waals surface area contributed by atoms with Crippen LogP contribution < -0.4 is 0 Å². The number of aliphatic hydroxyl groups excluding tert-OH is 1. The summed E-state index contributed by atoms with van der Waals surface area (Å²) in [6.45, 7) is 6.36. The molecule has 2 nitrogen and oxygen atoms in total. The average molecular weight is 156 g/mol. The van der Waals surface area contributed by atoms with Crippen molar-refractivity contribution in [2.24, 2.45) is 5.41 Å². The van der Waals surface area contributed by atoms with E-state index in [9.17, 15) is 0 Å². The van der Waals surface area contributed by atoms with Crippen LogP contribution in [0.3, 0.4) is 0 Å². The fourth-order valence-corrected chi connectivity index (χ4v) is 1.22. The molecule has 0 fully saturated rings. The van der Waals surface area contributed by atoms with Gasteiger partial charge in [-0.3, -0.25) is 0 Å². The van der Waals surface area contributed by atoms with Crippen molar-refractivity contribution < 1.29 is 9.84 Å². The highest BCUT2D eigenvalue weighted by molar-refractivity contribution is 4.91. The standard InChI is InChI=1S/C9H16O2/c1-9(2,3)7-5-4-6-8(10)11-7/h6-7,10H,4-5H2,1-3H3. The number of rotatable bonds is 0. The normalized spacial score (nSPS) is 25.7. The van der Waals surface area contributed by atoms with Gasteiger partial charge in [-0.15, -0.1) is 0 Å². The van der Waals surface area contributed by atoms with E-state index in [0.29, 0.717) is 0 Å². The van der Waals surface area contributed by atoms with Gasteiger partial charge in [-0.1, -0.05) is 20.8 Å². The van der Waals surface area contributed by atoms with Crippen LogP contribution in [0.5, 0.6) is 0 Å². The first-order valence-electron chi connectivity index (χ1n) is 4.06. The third kappa shape index (κ3) is 2.14. The molecule has 0 aromatic rings. The molecular weight excluding hydrogens is 140 g/mol. The lowest BCUT2D eigenvalue weighted by atomic mass is 9.85. The van der Waals surface area contributed by atoms with E-state index in [1.165, 1.54) is 0 Å². The molecule has 0 spiro atoms. The van der Waals surface area contributed by atoms with Crippen LogP contribution in [0.1, 0.15) is 33.6 Å². The van der Waals surface area contributed by atoms with Gasteiger partial charge < -0.3 is 9.84 Å². The zero-order valence-electron chi connectivity index (χ0n) is 7.42. The molecule has 0 aromatic carbocycles. The molecule has 1 rings (SSSR count). The van der Waals surface area contributed by atoms with E-state index in [1.807, 2.05) is 0 Å². The van der Waals surface area contributed by atoms with Crippen LogP contribution in [0.25, 0.3) is 0 Å². The summed E-state index contributed by atoms with van der Waals surface area (Å²) in [6.07, 6.45) is 3.82. The third-order valence-electron chi connectivity index (χ3n) is 1.98. The highest BCUT2D eigenvalue weighted by Gasteiger charge is 2.28. The summed E-state index contributed by atoms with van der Waals surface area (Å²) >= 11 is 0. The molecule has 1 unspecified atom stereocenters. The zero-order chi connectivity index (χ0) is 8.48. The molecule has 1 heterocycles. The fourth-order valence-electron chi connectivity index (χ4n) is 1.22. The van der Waals surface area contributed by atoms with Crippen molar-refractivity contribution in [3.8, 4) is 0 Å². The highest BCUT2D eigenvalue weighted by atomic mass is 16.6. The molecule has 0 aromatic heterocycles. The summed E-state index contributed by atoms with van der Waals surface area (Å²) in [5.41, 5.74) is 0.127. The minimum absolute atomic E-state index is 0.0937. The van der Waals surface area contributed by atoms with Crippen molar-refractivity contribution in [2.75, 3.05) is 0 Å². The second-order valence-electron chi connectivity index (χ2n) is 4.09. The van der Waals surface area contributed by atoms with Gasteiger partial charge in [-0.2, -0.15) is 0 Å². The molecule has 0 saturated heterocycles. The van der Waals surface area contributed by atoms with E-state index in [-0.39, 0.29) is 17.5 Å². The predicted molar refractivity (Wildman–Crippen MR) is 44.3 cm³/mol. The number of aliphatic hydroxyl groups is 1. The maximum atomic E-state index is 9.08. The SMILES string of the molecule is CC(C)(C)C1CCC=C(O)O1. The minimum atomic E-state index is 0.0937. The molecule has 0 radical (unpaired) electrons. The number of allylic oxidation sites excluding steroid dienone is 1. The Morgan fingerprint density at radius 1 is 1.55 bits per heavy atom. The Kier molecular flexibility index (Phi) is 2.12. The highest BCUT2D eigenvalue weighted by Crippen LogP contribution is 2.30. The molecule has 2 heteroatoms. The summed E-state index contributed by atoms with van der Waals surface area (Å²) in [5, 5.41) is 9.08. The van der Waals surface area contributed by atoms with E-state index in [1.54, 1.807) is 6.08 Å². The van der Waals surface area contributed by atoms with Gasteiger partial charge in [0, 0.05) is 0 Å². The minimum Gasteiger partial charge on any atom is -0.481 e. The Morgan fingerprint density at radius 2 is 2.18 bits per heavy atom. The molecular formula is C9H16O2. The van der Waals surface area contributed by atoms with E-state index in [0.717, 1.165) is 12.8 Å². The summed E-state index contributed by atoms with van der Waals surface area (Å²) in [5.74, 6) is 0.0937. The van der Waals surface area contributed by atoms with Crippen molar-refractivity contribution in [3.05, 3.63) is 12.0 Å². The topological polar surface area (TPSA) is 29.5 Å². The Balaban J connectivity index is 2.58. The lowest BCUT2D eigenvalue weighted by molar-refractivity contribution is -0.0410. The molecule has 0 aliphatic carbocycles. The Labute approximate surface area is 67.9 Å².